The summed E-state index contributed by atoms with van der Waals surface area (Å²) in [5.74, 6) is 0. The van der Waals surface area contributed by atoms with Gasteiger partial charge in [0.25, 0.3) is 0 Å². The molecule has 0 unspecified atom stereocenters. The number of anilines is 1. The highest BCUT2D eigenvalue weighted by atomic mass is 16.2. The molecule has 3 aromatic rings. The summed E-state index contributed by atoms with van der Waals surface area (Å²) in [6.07, 6.45) is 5.75. The van der Waals surface area contributed by atoms with Gasteiger partial charge in [-0.05, 0) is 63.5 Å². The maximum Gasteiger partial charge on any atom is 0.321 e. The average Bonchev–Trinajstić information content (AvgIpc) is 3.21. The van der Waals surface area contributed by atoms with Gasteiger partial charge in [0.2, 0.25) is 0 Å². The number of nitrogens with one attached hydrogen (secondary N) is 2. The summed E-state index contributed by atoms with van der Waals surface area (Å²) >= 11 is 0. The van der Waals surface area contributed by atoms with Crippen LogP contribution < -0.4 is 5.32 Å². The molecular formula is C21H26N6O. The van der Waals surface area contributed by atoms with E-state index in [-0.39, 0.29) is 12.1 Å². The molecule has 0 aliphatic carbocycles. The number of H-pyrrole nitrogens is 1. The third kappa shape index (κ3) is 3.78. The molecule has 2 N–H and O–H groups in total. The minimum Gasteiger partial charge on any atom is -0.359 e. The first-order chi connectivity index (χ1) is 13.5. The van der Waals surface area contributed by atoms with Crippen molar-refractivity contribution in [2.45, 2.75) is 39.7 Å². The first-order valence-corrected chi connectivity index (χ1v) is 9.76. The number of benzene rings is 1. The standard InChI is InChI=1S/C21H26N6O/c1-14(2)27-13-20(24-25-27)16-5-4-9-26(10-8-16)21(28)23-18-6-7-19-17(12-18)11-15(3)22-19/h5-7,11-14,22H,4,8-10H2,1-3H3,(H,23,28). The zero-order valence-electron chi connectivity index (χ0n) is 16.6. The Balaban J connectivity index is 1.40. The minimum absolute atomic E-state index is 0.0629. The molecule has 0 bridgehead atoms. The Hall–Kier alpha value is -3.09. The van der Waals surface area contributed by atoms with E-state index in [0.717, 1.165) is 46.4 Å². The molecule has 0 atom stereocenters. The van der Waals surface area contributed by atoms with E-state index in [1.807, 2.05) is 40.9 Å². The topological polar surface area (TPSA) is 78.8 Å². The van der Waals surface area contributed by atoms with E-state index >= 15 is 0 Å². The van der Waals surface area contributed by atoms with Gasteiger partial charge in [0.05, 0.1) is 6.20 Å². The van der Waals surface area contributed by atoms with E-state index in [4.69, 9.17) is 0 Å². The maximum atomic E-state index is 12.7. The average molecular weight is 378 g/mol. The molecule has 0 fully saturated rings. The number of aromatic nitrogens is 4. The number of hydrogen-bond acceptors (Lipinski definition) is 3. The van der Waals surface area contributed by atoms with Crippen LogP contribution >= 0.6 is 0 Å². The number of urea groups is 1. The van der Waals surface area contributed by atoms with Crippen LogP contribution in [0.5, 0.6) is 0 Å². The Kier molecular flexibility index (Phi) is 4.90. The molecule has 0 saturated carbocycles. The lowest BCUT2D eigenvalue weighted by molar-refractivity contribution is 0.214. The largest absolute Gasteiger partial charge is 0.359 e. The van der Waals surface area contributed by atoms with Gasteiger partial charge < -0.3 is 15.2 Å². The number of carbonyl (C=O) groups excluding carboxylic acids is 1. The molecule has 28 heavy (non-hydrogen) atoms. The van der Waals surface area contributed by atoms with Crippen molar-refractivity contribution >= 4 is 28.2 Å². The van der Waals surface area contributed by atoms with Crippen molar-refractivity contribution in [2.24, 2.45) is 0 Å². The summed E-state index contributed by atoms with van der Waals surface area (Å²) in [5, 5.41) is 12.6. The summed E-state index contributed by atoms with van der Waals surface area (Å²) in [6.45, 7) is 7.55. The van der Waals surface area contributed by atoms with Gasteiger partial charge in [0.15, 0.2) is 0 Å². The van der Waals surface area contributed by atoms with Gasteiger partial charge in [-0.3, -0.25) is 0 Å². The highest BCUT2D eigenvalue weighted by Crippen LogP contribution is 2.23. The Bertz CT molecular complexity index is 1030. The molecule has 0 spiro atoms. The van der Waals surface area contributed by atoms with Crippen molar-refractivity contribution < 1.29 is 4.79 Å². The van der Waals surface area contributed by atoms with Gasteiger partial charge >= 0.3 is 6.03 Å². The van der Waals surface area contributed by atoms with Crippen LogP contribution in [-0.4, -0.2) is 44.0 Å². The van der Waals surface area contributed by atoms with Gasteiger partial charge in [0.1, 0.15) is 5.69 Å². The highest BCUT2D eigenvalue weighted by Gasteiger charge is 2.18. The first-order valence-electron chi connectivity index (χ1n) is 9.76. The molecule has 3 heterocycles. The smallest absolute Gasteiger partial charge is 0.321 e. The molecule has 2 amide bonds. The fourth-order valence-corrected chi connectivity index (χ4v) is 3.53. The fraction of sp³-hybridized carbons (Fsp3) is 0.381. The number of carbonyl (C=O) groups is 1. The molecule has 1 aliphatic heterocycles. The summed E-state index contributed by atoms with van der Waals surface area (Å²) < 4.78 is 1.87. The third-order valence-electron chi connectivity index (χ3n) is 5.10. The highest BCUT2D eigenvalue weighted by molar-refractivity contribution is 5.93. The Labute approximate surface area is 164 Å². The van der Waals surface area contributed by atoms with Crippen molar-refractivity contribution in [3.8, 4) is 0 Å². The van der Waals surface area contributed by atoms with Gasteiger partial charge in [-0.2, -0.15) is 0 Å². The van der Waals surface area contributed by atoms with E-state index in [2.05, 4.69) is 46.6 Å². The number of aromatic amines is 1. The molecular weight excluding hydrogens is 352 g/mol. The van der Waals surface area contributed by atoms with Crippen molar-refractivity contribution in [3.05, 3.63) is 47.9 Å². The molecule has 7 nitrogen and oxygen atoms in total. The van der Waals surface area contributed by atoms with Crippen LogP contribution in [0.2, 0.25) is 0 Å². The molecule has 1 aliphatic rings. The molecule has 146 valence electrons. The van der Waals surface area contributed by atoms with Crippen molar-refractivity contribution in [1.82, 2.24) is 24.9 Å². The third-order valence-corrected chi connectivity index (χ3v) is 5.10. The normalized spacial score (nSPS) is 15.0. The van der Waals surface area contributed by atoms with Crippen molar-refractivity contribution in [3.63, 3.8) is 0 Å². The van der Waals surface area contributed by atoms with Crippen molar-refractivity contribution in [1.29, 1.82) is 0 Å². The van der Waals surface area contributed by atoms with Crippen LogP contribution in [0.15, 0.2) is 36.5 Å². The molecule has 0 saturated heterocycles. The number of hydrogen-bond donors (Lipinski definition) is 2. The molecule has 4 rings (SSSR count). The van der Waals surface area contributed by atoms with Crippen LogP contribution in [0.3, 0.4) is 0 Å². The van der Waals surface area contributed by atoms with Crippen LogP contribution in [0.4, 0.5) is 10.5 Å². The lowest BCUT2D eigenvalue weighted by Gasteiger charge is -2.21. The first kappa shape index (κ1) is 18.3. The lowest BCUT2D eigenvalue weighted by Crippen LogP contribution is -2.35. The van der Waals surface area contributed by atoms with Gasteiger partial charge in [-0.25, -0.2) is 9.48 Å². The van der Waals surface area contributed by atoms with Gasteiger partial charge in [-0.1, -0.05) is 11.3 Å². The van der Waals surface area contributed by atoms with E-state index in [0.29, 0.717) is 13.1 Å². The second-order valence-electron chi connectivity index (χ2n) is 7.62. The van der Waals surface area contributed by atoms with E-state index in [1.165, 1.54) is 0 Å². The summed E-state index contributed by atoms with van der Waals surface area (Å²) in [7, 11) is 0. The predicted molar refractivity (Wildman–Crippen MR) is 111 cm³/mol. The summed E-state index contributed by atoms with van der Waals surface area (Å²) in [6, 6.07) is 8.24. The Morgan fingerprint density at radius 2 is 2.11 bits per heavy atom. The molecule has 1 aromatic carbocycles. The zero-order valence-corrected chi connectivity index (χ0v) is 16.6. The van der Waals surface area contributed by atoms with Crippen LogP contribution in [0, 0.1) is 6.92 Å². The second-order valence-corrected chi connectivity index (χ2v) is 7.62. The Morgan fingerprint density at radius 1 is 1.25 bits per heavy atom. The van der Waals surface area contributed by atoms with Crippen molar-refractivity contribution in [2.75, 3.05) is 18.4 Å². The molecule has 2 aromatic heterocycles. The Morgan fingerprint density at radius 3 is 2.89 bits per heavy atom. The van der Waals surface area contributed by atoms with Crippen LogP contribution in [-0.2, 0) is 0 Å². The number of fused-ring (bicyclic) bond motifs is 1. The van der Waals surface area contributed by atoms with E-state index in [1.54, 1.807) is 0 Å². The maximum absolute atomic E-state index is 12.7. The quantitative estimate of drug-likeness (QED) is 0.711. The number of aryl methyl sites for hydroxylation is 1. The van der Waals surface area contributed by atoms with E-state index < -0.39 is 0 Å². The number of rotatable bonds is 3. The predicted octanol–water partition coefficient (Wildman–Crippen LogP) is 4.36. The minimum atomic E-state index is -0.0629. The SMILES string of the molecule is Cc1cc2cc(NC(=O)N3CCC=C(c4cn(C(C)C)nn4)CC3)ccc2[nH]1. The van der Waals surface area contributed by atoms with Gasteiger partial charge in [-0.15, -0.1) is 5.10 Å². The number of amides is 2. The summed E-state index contributed by atoms with van der Waals surface area (Å²) in [5.41, 5.74) is 5.07. The van der Waals surface area contributed by atoms with Crippen LogP contribution in [0.25, 0.3) is 16.5 Å². The van der Waals surface area contributed by atoms with Gasteiger partial charge in [0, 0.05) is 41.4 Å². The second kappa shape index (κ2) is 7.50. The zero-order chi connectivity index (χ0) is 19.7. The molecule has 7 heteroatoms. The molecule has 0 radical (unpaired) electrons. The number of nitrogens with zero attached hydrogens (tertiary/aromatic N) is 4. The lowest BCUT2D eigenvalue weighted by atomic mass is 10.1. The fourth-order valence-electron chi connectivity index (χ4n) is 3.53. The van der Waals surface area contributed by atoms with Crippen LogP contribution in [0.1, 0.15) is 44.1 Å². The van der Waals surface area contributed by atoms with E-state index in [9.17, 15) is 4.79 Å². The summed E-state index contributed by atoms with van der Waals surface area (Å²) in [4.78, 5) is 17.9. The monoisotopic (exact) mass is 378 g/mol.